The molecule has 0 aliphatic rings. The molecule has 0 amide bonds. The van der Waals surface area contributed by atoms with E-state index in [4.69, 9.17) is 0 Å². The van der Waals surface area contributed by atoms with Crippen molar-refractivity contribution in [2.75, 3.05) is 13.6 Å². The van der Waals surface area contributed by atoms with Gasteiger partial charge in [-0.1, -0.05) is 19.8 Å². The summed E-state index contributed by atoms with van der Waals surface area (Å²) in [7, 11) is 1.78. The van der Waals surface area contributed by atoms with E-state index >= 15 is 0 Å². The second kappa shape index (κ2) is 6.02. The van der Waals surface area contributed by atoms with Crippen LogP contribution in [0.25, 0.3) is 0 Å². The van der Waals surface area contributed by atoms with Gasteiger partial charge in [0, 0.05) is 6.54 Å². The Hall–Kier alpha value is -0.110. The molecule has 56 valence electrons. The van der Waals surface area contributed by atoms with E-state index in [2.05, 4.69) is 12.2 Å². The van der Waals surface area contributed by atoms with E-state index in [9.17, 15) is 4.39 Å². The number of nitrogens with one attached hydrogen (secondary N) is 1. The molecule has 1 nitrogen and oxygen atoms in total. The maximum atomic E-state index is 12.5. The highest BCUT2D eigenvalue weighted by Crippen LogP contribution is 2.02. The summed E-state index contributed by atoms with van der Waals surface area (Å²) in [6.07, 6.45) is 2.15. The van der Waals surface area contributed by atoms with Crippen molar-refractivity contribution < 1.29 is 4.39 Å². The minimum Gasteiger partial charge on any atom is -0.317 e. The molecule has 0 rings (SSSR count). The fourth-order valence-electron chi connectivity index (χ4n) is 0.749. The molecule has 0 spiro atoms. The van der Waals surface area contributed by atoms with Crippen LogP contribution in [-0.4, -0.2) is 19.8 Å². The number of alkyl halides is 1. The van der Waals surface area contributed by atoms with E-state index in [0.29, 0.717) is 13.0 Å². The lowest BCUT2D eigenvalue weighted by atomic mass is 10.2. The maximum absolute atomic E-state index is 12.5. The summed E-state index contributed by atoms with van der Waals surface area (Å²) in [6, 6.07) is 0. The molecule has 0 aromatic carbocycles. The van der Waals surface area contributed by atoms with Gasteiger partial charge in [-0.3, -0.25) is 0 Å². The Kier molecular flexibility index (Phi) is 5.94. The normalized spacial score (nSPS) is 13.7. The standard InChI is InChI=1S/C7H16FN/c1-3-4-5-7(8)6-9-2/h7,9H,3-6H2,1-2H3/t7-/m0/s1. The molecular weight excluding hydrogens is 117 g/mol. The van der Waals surface area contributed by atoms with E-state index < -0.39 is 6.17 Å². The number of hydrogen-bond donors (Lipinski definition) is 1. The Bertz CT molecular complexity index is 56.9. The third-order valence-electron chi connectivity index (χ3n) is 1.30. The highest BCUT2D eigenvalue weighted by molar-refractivity contribution is 4.56. The first kappa shape index (κ1) is 8.89. The molecule has 0 radical (unpaired) electrons. The zero-order valence-electron chi connectivity index (χ0n) is 6.28. The molecule has 0 aromatic rings. The lowest BCUT2D eigenvalue weighted by Crippen LogP contribution is -2.19. The third-order valence-corrected chi connectivity index (χ3v) is 1.30. The quantitative estimate of drug-likeness (QED) is 0.602. The van der Waals surface area contributed by atoms with E-state index in [0.717, 1.165) is 12.8 Å². The van der Waals surface area contributed by atoms with Gasteiger partial charge in [-0.15, -0.1) is 0 Å². The molecule has 0 saturated heterocycles. The molecule has 0 bridgehead atoms. The summed E-state index contributed by atoms with van der Waals surface area (Å²) < 4.78 is 12.5. The van der Waals surface area contributed by atoms with Crippen LogP contribution in [0.3, 0.4) is 0 Å². The zero-order valence-corrected chi connectivity index (χ0v) is 6.28. The number of hydrogen-bond acceptors (Lipinski definition) is 1. The van der Waals surface area contributed by atoms with Crippen LogP contribution in [0.2, 0.25) is 0 Å². The minimum absolute atomic E-state index is 0.500. The predicted octanol–water partition coefficient (Wildman–Crippen LogP) is 1.73. The molecule has 0 fully saturated rings. The molecule has 0 aliphatic heterocycles. The van der Waals surface area contributed by atoms with Crippen molar-refractivity contribution in [2.45, 2.75) is 32.4 Å². The lowest BCUT2D eigenvalue weighted by molar-refractivity contribution is 0.301. The molecule has 2 heteroatoms. The maximum Gasteiger partial charge on any atom is 0.112 e. The Morgan fingerprint density at radius 2 is 2.22 bits per heavy atom. The fraction of sp³-hybridized carbons (Fsp3) is 1.00. The molecular formula is C7H16FN. The molecule has 0 heterocycles. The van der Waals surface area contributed by atoms with Crippen LogP contribution in [0.15, 0.2) is 0 Å². The van der Waals surface area contributed by atoms with Gasteiger partial charge in [0.25, 0.3) is 0 Å². The number of halogens is 1. The van der Waals surface area contributed by atoms with Crippen molar-refractivity contribution in [3.05, 3.63) is 0 Å². The van der Waals surface area contributed by atoms with E-state index in [-0.39, 0.29) is 0 Å². The Morgan fingerprint density at radius 3 is 2.67 bits per heavy atom. The third kappa shape index (κ3) is 5.77. The van der Waals surface area contributed by atoms with Gasteiger partial charge < -0.3 is 5.32 Å². The molecule has 0 aromatic heterocycles. The van der Waals surface area contributed by atoms with E-state index in [1.54, 1.807) is 7.05 Å². The summed E-state index contributed by atoms with van der Waals surface area (Å²) in [4.78, 5) is 0. The summed E-state index contributed by atoms with van der Waals surface area (Å²) in [5, 5.41) is 2.80. The molecule has 0 unspecified atom stereocenters. The van der Waals surface area contributed by atoms with Gasteiger partial charge in [0.05, 0.1) is 0 Å². The molecule has 1 N–H and O–H groups in total. The Morgan fingerprint density at radius 1 is 1.56 bits per heavy atom. The van der Waals surface area contributed by atoms with Gasteiger partial charge in [0.1, 0.15) is 6.17 Å². The van der Waals surface area contributed by atoms with Gasteiger partial charge in [0.15, 0.2) is 0 Å². The van der Waals surface area contributed by atoms with Crippen molar-refractivity contribution in [1.29, 1.82) is 0 Å². The lowest BCUT2D eigenvalue weighted by Gasteiger charge is -2.04. The molecule has 9 heavy (non-hydrogen) atoms. The minimum atomic E-state index is -0.644. The topological polar surface area (TPSA) is 12.0 Å². The van der Waals surface area contributed by atoms with Crippen LogP contribution < -0.4 is 5.32 Å². The SMILES string of the molecule is CCCC[C@H](F)CNC. The Balaban J connectivity index is 2.95. The average Bonchev–Trinajstić information content (AvgIpc) is 1.85. The van der Waals surface area contributed by atoms with Crippen LogP contribution in [-0.2, 0) is 0 Å². The summed E-state index contributed by atoms with van der Waals surface area (Å²) in [5.74, 6) is 0. The van der Waals surface area contributed by atoms with Crippen molar-refractivity contribution >= 4 is 0 Å². The molecule has 0 aliphatic carbocycles. The predicted molar refractivity (Wildman–Crippen MR) is 38.3 cm³/mol. The van der Waals surface area contributed by atoms with Crippen molar-refractivity contribution in [3.63, 3.8) is 0 Å². The fourth-order valence-corrected chi connectivity index (χ4v) is 0.749. The second-order valence-electron chi connectivity index (χ2n) is 2.30. The van der Waals surface area contributed by atoms with Crippen LogP contribution >= 0.6 is 0 Å². The van der Waals surface area contributed by atoms with E-state index in [1.807, 2.05) is 0 Å². The van der Waals surface area contributed by atoms with Gasteiger partial charge >= 0.3 is 0 Å². The first-order valence-electron chi connectivity index (χ1n) is 3.60. The Labute approximate surface area is 56.6 Å². The average molecular weight is 133 g/mol. The van der Waals surface area contributed by atoms with E-state index in [1.165, 1.54) is 0 Å². The van der Waals surface area contributed by atoms with Gasteiger partial charge in [0.2, 0.25) is 0 Å². The summed E-state index contributed by atoms with van der Waals surface area (Å²) in [6.45, 7) is 2.58. The van der Waals surface area contributed by atoms with Gasteiger partial charge in [-0.2, -0.15) is 0 Å². The monoisotopic (exact) mass is 133 g/mol. The zero-order chi connectivity index (χ0) is 7.11. The number of rotatable bonds is 5. The summed E-state index contributed by atoms with van der Waals surface area (Å²) in [5.41, 5.74) is 0. The number of unbranched alkanes of at least 4 members (excludes halogenated alkanes) is 1. The first-order valence-corrected chi connectivity index (χ1v) is 3.60. The molecule has 0 saturated carbocycles. The first-order chi connectivity index (χ1) is 4.31. The van der Waals surface area contributed by atoms with Gasteiger partial charge in [-0.05, 0) is 13.5 Å². The van der Waals surface area contributed by atoms with Crippen LogP contribution in [0.4, 0.5) is 4.39 Å². The van der Waals surface area contributed by atoms with Crippen molar-refractivity contribution in [3.8, 4) is 0 Å². The van der Waals surface area contributed by atoms with Crippen molar-refractivity contribution in [1.82, 2.24) is 5.32 Å². The van der Waals surface area contributed by atoms with Gasteiger partial charge in [-0.25, -0.2) is 4.39 Å². The van der Waals surface area contributed by atoms with Crippen LogP contribution in [0.1, 0.15) is 26.2 Å². The van der Waals surface area contributed by atoms with Crippen LogP contribution in [0.5, 0.6) is 0 Å². The summed E-state index contributed by atoms with van der Waals surface area (Å²) >= 11 is 0. The smallest absolute Gasteiger partial charge is 0.112 e. The second-order valence-corrected chi connectivity index (χ2v) is 2.30. The largest absolute Gasteiger partial charge is 0.317 e. The van der Waals surface area contributed by atoms with Crippen LogP contribution in [0, 0.1) is 0 Å². The van der Waals surface area contributed by atoms with Crippen molar-refractivity contribution in [2.24, 2.45) is 0 Å². The highest BCUT2D eigenvalue weighted by Gasteiger charge is 2.01. The highest BCUT2D eigenvalue weighted by atomic mass is 19.1. The molecule has 1 atom stereocenters.